The smallest absolute Gasteiger partial charge is 0.409 e. The Labute approximate surface area is 123 Å². The van der Waals surface area contributed by atoms with Gasteiger partial charge in [0.1, 0.15) is 0 Å². The highest BCUT2D eigenvalue weighted by atomic mass is 16.6. The second kappa shape index (κ2) is 7.41. The number of hydrogen-bond acceptors (Lipinski definition) is 7. The molecular formula is C13H20N6O2. The number of nitrogens with zero attached hydrogens (tertiary/aromatic N) is 5. The van der Waals surface area contributed by atoms with Gasteiger partial charge in [0.15, 0.2) is 5.82 Å². The van der Waals surface area contributed by atoms with Crippen LogP contribution in [0.15, 0.2) is 18.9 Å². The predicted octanol–water partition coefficient (Wildman–Crippen LogP) is 0.748. The number of piperazine rings is 1. The molecule has 1 amide bonds. The van der Waals surface area contributed by atoms with Crippen molar-refractivity contribution in [3.63, 3.8) is 0 Å². The molecule has 21 heavy (non-hydrogen) atoms. The van der Waals surface area contributed by atoms with Crippen LogP contribution < -0.4 is 10.2 Å². The average Bonchev–Trinajstić information content (AvgIpc) is 2.53. The second-order valence-electron chi connectivity index (χ2n) is 4.48. The Hall–Kier alpha value is -2.38. The summed E-state index contributed by atoms with van der Waals surface area (Å²) >= 11 is 0. The van der Waals surface area contributed by atoms with Gasteiger partial charge in [0.25, 0.3) is 0 Å². The van der Waals surface area contributed by atoms with Crippen LogP contribution in [0.2, 0.25) is 0 Å². The topological polar surface area (TPSA) is 83.5 Å². The molecule has 0 radical (unpaired) electrons. The molecule has 1 aromatic rings. The summed E-state index contributed by atoms with van der Waals surface area (Å²) in [5.41, 5.74) is 0. The molecule has 2 rings (SSSR count). The lowest BCUT2D eigenvalue weighted by molar-refractivity contribution is 0.105. The highest BCUT2D eigenvalue weighted by Crippen LogP contribution is 2.12. The van der Waals surface area contributed by atoms with Crippen molar-refractivity contribution in [3.05, 3.63) is 18.9 Å². The zero-order chi connectivity index (χ0) is 15.1. The van der Waals surface area contributed by atoms with E-state index >= 15 is 0 Å². The quantitative estimate of drug-likeness (QED) is 0.802. The Morgan fingerprint density at radius 2 is 2.24 bits per heavy atom. The number of ether oxygens (including phenoxy) is 1. The first kappa shape index (κ1) is 15.0. The van der Waals surface area contributed by atoms with Crippen LogP contribution in [0.5, 0.6) is 0 Å². The van der Waals surface area contributed by atoms with Crippen molar-refractivity contribution in [3.8, 4) is 0 Å². The fourth-order valence-electron chi connectivity index (χ4n) is 1.99. The van der Waals surface area contributed by atoms with Gasteiger partial charge in [-0.05, 0) is 6.92 Å². The van der Waals surface area contributed by atoms with Crippen molar-refractivity contribution >= 4 is 17.9 Å². The molecule has 0 aliphatic carbocycles. The van der Waals surface area contributed by atoms with E-state index in [0.29, 0.717) is 51.1 Å². The zero-order valence-corrected chi connectivity index (χ0v) is 12.2. The summed E-state index contributed by atoms with van der Waals surface area (Å²) in [5, 5.41) is 11.1. The summed E-state index contributed by atoms with van der Waals surface area (Å²) in [4.78, 5) is 19.7. The van der Waals surface area contributed by atoms with E-state index in [1.54, 1.807) is 24.1 Å². The molecule has 1 aliphatic rings. The van der Waals surface area contributed by atoms with E-state index in [9.17, 15) is 4.79 Å². The maximum Gasteiger partial charge on any atom is 0.409 e. The second-order valence-corrected chi connectivity index (χ2v) is 4.48. The van der Waals surface area contributed by atoms with Crippen LogP contribution >= 0.6 is 0 Å². The van der Waals surface area contributed by atoms with E-state index in [4.69, 9.17) is 4.74 Å². The monoisotopic (exact) mass is 292 g/mol. The number of nitrogens with one attached hydrogen (secondary N) is 1. The van der Waals surface area contributed by atoms with Gasteiger partial charge in [-0.15, -0.1) is 11.7 Å². The molecule has 1 N–H and O–H groups in total. The molecule has 2 heterocycles. The first-order valence-corrected chi connectivity index (χ1v) is 6.95. The molecule has 114 valence electrons. The van der Waals surface area contributed by atoms with Crippen LogP contribution in [0.3, 0.4) is 0 Å². The van der Waals surface area contributed by atoms with E-state index in [2.05, 4.69) is 27.1 Å². The SMILES string of the molecule is C=CCNc1cnnc(N2CCN(C(=O)OCC)CC2)n1. The summed E-state index contributed by atoms with van der Waals surface area (Å²) in [5.74, 6) is 1.22. The molecule has 1 saturated heterocycles. The van der Waals surface area contributed by atoms with Crippen molar-refractivity contribution in [2.45, 2.75) is 6.92 Å². The Balaban J connectivity index is 1.92. The van der Waals surface area contributed by atoms with E-state index < -0.39 is 0 Å². The van der Waals surface area contributed by atoms with Gasteiger partial charge in [0.2, 0.25) is 5.95 Å². The highest BCUT2D eigenvalue weighted by Gasteiger charge is 2.23. The first-order chi connectivity index (χ1) is 10.2. The molecule has 0 bridgehead atoms. The Morgan fingerprint density at radius 1 is 1.48 bits per heavy atom. The maximum atomic E-state index is 11.6. The number of carbonyl (C=O) groups is 1. The third-order valence-electron chi connectivity index (χ3n) is 3.06. The van der Waals surface area contributed by atoms with Gasteiger partial charge < -0.3 is 19.9 Å². The fraction of sp³-hybridized carbons (Fsp3) is 0.538. The highest BCUT2D eigenvalue weighted by molar-refractivity contribution is 5.68. The third kappa shape index (κ3) is 4.04. The molecule has 8 heteroatoms. The van der Waals surface area contributed by atoms with E-state index in [0.717, 1.165) is 0 Å². The van der Waals surface area contributed by atoms with Crippen molar-refractivity contribution in [1.29, 1.82) is 0 Å². The van der Waals surface area contributed by atoms with Crippen LogP contribution in [-0.2, 0) is 4.74 Å². The first-order valence-electron chi connectivity index (χ1n) is 6.95. The normalized spacial score (nSPS) is 14.7. The minimum Gasteiger partial charge on any atom is -0.450 e. The van der Waals surface area contributed by atoms with Crippen molar-refractivity contribution < 1.29 is 9.53 Å². The minimum absolute atomic E-state index is 0.266. The Morgan fingerprint density at radius 3 is 2.90 bits per heavy atom. The Bertz CT molecular complexity index is 487. The Kier molecular flexibility index (Phi) is 5.30. The van der Waals surface area contributed by atoms with Gasteiger partial charge >= 0.3 is 6.09 Å². The molecule has 1 fully saturated rings. The number of rotatable bonds is 5. The molecule has 0 atom stereocenters. The molecule has 0 unspecified atom stereocenters. The molecule has 1 aromatic heterocycles. The van der Waals surface area contributed by atoms with Gasteiger partial charge in [0, 0.05) is 32.7 Å². The van der Waals surface area contributed by atoms with E-state index in [1.807, 2.05) is 4.90 Å². The number of hydrogen-bond donors (Lipinski definition) is 1. The minimum atomic E-state index is -0.266. The largest absolute Gasteiger partial charge is 0.450 e. The molecule has 8 nitrogen and oxygen atoms in total. The van der Waals surface area contributed by atoms with Gasteiger partial charge in [0.05, 0.1) is 12.8 Å². The van der Waals surface area contributed by atoms with Gasteiger partial charge in [-0.3, -0.25) is 0 Å². The fourth-order valence-corrected chi connectivity index (χ4v) is 1.99. The maximum absolute atomic E-state index is 11.6. The van der Waals surface area contributed by atoms with Gasteiger partial charge in [-0.1, -0.05) is 6.08 Å². The number of carbonyl (C=O) groups excluding carboxylic acids is 1. The van der Waals surface area contributed by atoms with E-state index in [-0.39, 0.29) is 6.09 Å². The van der Waals surface area contributed by atoms with Crippen LogP contribution in [-0.4, -0.2) is 65.5 Å². The van der Waals surface area contributed by atoms with Gasteiger partial charge in [-0.25, -0.2) is 4.79 Å². The molecule has 0 saturated carbocycles. The number of amides is 1. The van der Waals surface area contributed by atoms with Crippen LogP contribution in [0.25, 0.3) is 0 Å². The lowest BCUT2D eigenvalue weighted by atomic mass is 10.3. The number of anilines is 2. The van der Waals surface area contributed by atoms with Crippen LogP contribution in [0.4, 0.5) is 16.6 Å². The zero-order valence-electron chi connectivity index (χ0n) is 12.2. The predicted molar refractivity (Wildman–Crippen MR) is 79.3 cm³/mol. The summed E-state index contributed by atoms with van der Waals surface area (Å²) in [7, 11) is 0. The molecule has 0 spiro atoms. The lowest BCUT2D eigenvalue weighted by Crippen LogP contribution is -2.49. The number of aromatic nitrogens is 3. The van der Waals surface area contributed by atoms with Crippen LogP contribution in [0.1, 0.15) is 6.92 Å². The standard InChI is InChI=1S/C13H20N6O2/c1-3-5-14-11-10-15-17-12(16-11)18-6-8-19(9-7-18)13(20)21-4-2/h3,10H,1,4-9H2,2H3,(H,14,16,17). The summed E-state index contributed by atoms with van der Waals surface area (Å²) < 4.78 is 4.99. The van der Waals surface area contributed by atoms with Crippen LogP contribution in [0, 0.1) is 0 Å². The van der Waals surface area contributed by atoms with Gasteiger partial charge in [-0.2, -0.15) is 10.1 Å². The molecule has 0 aromatic carbocycles. The third-order valence-corrected chi connectivity index (χ3v) is 3.06. The van der Waals surface area contributed by atoms with Crippen molar-refractivity contribution in [2.75, 3.05) is 49.5 Å². The average molecular weight is 292 g/mol. The summed E-state index contributed by atoms with van der Waals surface area (Å²) in [6.07, 6.45) is 3.06. The molecular weight excluding hydrogens is 272 g/mol. The van der Waals surface area contributed by atoms with Crippen molar-refractivity contribution in [1.82, 2.24) is 20.1 Å². The summed E-state index contributed by atoms with van der Waals surface area (Å²) in [6.45, 7) is 8.95. The molecule has 1 aliphatic heterocycles. The summed E-state index contributed by atoms with van der Waals surface area (Å²) in [6, 6.07) is 0. The van der Waals surface area contributed by atoms with E-state index in [1.165, 1.54) is 0 Å². The lowest BCUT2D eigenvalue weighted by Gasteiger charge is -2.33. The van der Waals surface area contributed by atoms with Crippen molar-refractivity contribution in [2.24, 2.45) is 0 Å².